The van der Waals surface area contributed by atoms with Gasteiger partial charge in [-0.2, -0.15) is 0 Å². The van der Waals surface area contributed by atoms with Gasteiger partial charge in [0.15, 0.2) is 0 Å². The quantitative estimate of drug-likeness (QED) is 0.852. The first-order chi connectivity index (χ1) is 9.97. The van der Waals surface area contributed by atoms with Gasteiger partial charge in [-0.25, -0.2) is 4.39 Å². The van der Waals surface area contributed by atoms with Gasteiger partial charge in [0.25, 0.3) is 0 Å². The molecule has 1 heterocycles. The smallest absolute Gasteiger partial charge is 0.313 e. The van der Waals surface area contributed by atoms with E-state index in [0.29, 0.717) is 5.76 Å². The molecule has 2 N–H and O–H groups in total. The number of rotatable bonds is 3. The van der Waals surface area contributed by atoms with E-state index in [1.165, 1.54) is 18.2 Å². The summed E-state index contributed by atoms with van der Waals surface area (Å²) in [5.74, 6) is -0.940. The molecule has 0 aliphatic rings. The van der Waals surface area contributed by atoms with Gasteiger partial charge in [0.2, 0.25) is 0 Å². The molecular weight excluding hydrogens is 275 g/mol. The summed E-state index contributed by atoms with van der Waals surface area (Å²) < 4.78 is 18.7. The third-order valence-electron chi connectivity index (χ3n) is 2.91. The lowest BCUT2D eigenvalue weighted by molar-refractivity contribution is -0.136. The minimum absolute atomic E-state index is 0.0343. The predicted octanol–water partition coefficient (Wildman–Crippen LogP) is 2.29. The number of carbonyl (C=O) groups excluding carboxylic acids is 2. The first-order valence-electron chi connectivity index (χ1n) is 6.37. The Labute approximate surface area is 121 Å². The molecule has 110 valence electrons. The van der Waals surface area contributed by atoms with Crippen LogP contribution in [0.25, 0.3) is 0 Å². The molecule has 0 spiro atoms. The zero-order valence-corrected chi connectivity index (χ0v) is 11.7. The molecule has 5 nitrogen and oxygen atoms in total. The average molecular weight is 290 g/mol. The first kappa shape index (κ1) is 14.8. The van der Waals surface area contributed by atoms with E-state index in [1.54, 1.807) is 26.0 Å². The van der Waals surface area contributed by atoms with E-state index in [4.69, 9.17) is 4.42 Å². The van der Waals surface area contributed by atoms with Crippen LogP contribution in [-0.4, -0.2) is 11.8 Å². The second kappa shape index (κ2) is 6.21. The normalized spacial score (nSPS) is 10.2. The largest absolute Gasteiger partial charge is 0.466 e. The molecule has 2 aromatic rings. The van der Waals surface area contributed by atoms with Gasteiger partial charge in [0, 0.05) is 12.1 Å². The van der Waals surface area contributed by atoms with Gasteiger partial charge in [0.1, 0.15) is 17.3 Å². The summed E-state index contributed by atoms with van der Waals surface area (Å²) >= 11 is 0. The van der Waals surface area contributed by atoms with Crippen LogP contribution in [0.5, 0.6) is 0 Å². The van der Waals surface area contributed by atoms with Crippen LogP contribution < -0.4 is 10.6 Å². The van der Waals surface area contributed by atoms with Crippen molar-refractivity contribution in [2.24, 2.45) is 0 Å². The van der Waals surface area contributed by atoms with Gasteiger partial charge in [-0.3, -0.25) is 9.59 Å². The van der Waals surface area contributed by atoms with Crippen molar-refractivity contribution in [2.75, 3.05) is 5.32 Å². The van der Waals surface area contributed by atoms with E-state index < -0.39 is 17.6 Å². The third kappa shape index (κ3) is 3.68. The second-order valence-electron chi connectivity index (χ2n) is 4.56. The van der Waals surface area contributed by atoms with E-state index in [2.05, 4.69) is 10.6 Å². The summed E-state index contributed by atoms with van der Waals surface area (Å²) in [6.07, 6.45) is 0. The van der Waals surface area contributed by atoms with Crippen LogP contribution in [0.1, 0.15) is 17.1 Å². The number of carbonyl (C=O) groups is 2. The molecule has 0 saturated carbocycles. The van der Waals surface area contributed by atoms with Gasteiger partial charge >= 0.3 is 11.8 Å². The fourth-order valence-corrected chi connectivity index (χ4v) is 1.86. The Morgan fingerprint density at radius 1 is 1.19 bits per heavy atom. The molecule has 0 unspecified atom stereocenters. The van der Waals surface area contributed by atoms with Crippen molar-refractivity contribution in [3.63, 3.8) is 0 Å². The molecule has 21 heavy (non-hydrogen) atoms. The average Bonchev–Trinajstić information content (AvgIpc) is 2.76. The van der Waals surface area contributed by atoms with E-state index in [9.17, 15) is 14.0 Å². The zero-order chi connectivity index (χ0) is 15.4. The summed E-state index contributed by atoms with van der Waals surface area (Å²) in [6, 6.07) is 7.42. The molecule has 1 aromatic heterocycles. The van der Waals surface area contributed by atoms with Crippen LogP contribution in [0.15, 0.2) is 34.7 Å². The highest BCUT2D eigenvalue weighted by Crippen LogP contribution is 2.14. The summed E-state index contributed by atoms with van der Waals surface area (Å²) in [4.78, 5) is 23.3. The van der Waals surface area contributed by atoms with Gasteiger partial charge in [-0.15, -0.1) is 0 Å². The highest BCUT2D eigenvalue weighted by Gasteiger charge is 2.16. The number of aryl methyl sites for hydroxylation is 2. The van der Waals surface area contributed by atoms with E-state index in [1.807, 2.05) is 0 Å². The summed E-state index contributed by atoms with van der Waals surface area (Å²) in [5.41, 5.74) is 0.757. The van der Waals surface area contributed by atoms with E-state index in [0.717, 1.165) is 11.3 Å². The standard InChI is InChI=1S/C15H15FN2O3/c1-9-7-11(10(2)21-9)8-17-14(19)15(20)18-13-6-4-3-5-12(13)16/h3-7H,8H2,1-2H3,(H,17,19)(H,18,20). The molecule has 0 radical (unpaired) electrons. The molecule has 2 amide bonds. The Bertz CT molecular complexity index is 679. The van der Waals surface area contributed by atoms with E-state index in [-0.39, 0.29) is 12.2 Å². The van der Waals surface area contributed by atoms with Crippen LogP contribution in [-0.2, 0) is 16.1 Å². The summed E-state index contributed by atoms with van der Waals surface area (Å²) in [6.45, 7) is 3.74. The molecule has 0 bridgehead atoms. The van der Waals surface area contributed by atoms with Crippen LogP contribution >= 0.6 is 0 Å². The van der Waals surface area contributed by atoms with Crippen molar-refractivity contribution in [1.29, 1.82) is 0 Å². The molecule has 0 aliphatic carbocycles. The maximum Gasteiger partial charge on any atom is 0.313 e. The fraction of sp³-hybridized carbons (Fsp3) is 0.200. The Hall–Kier alpha value is -2.63. The van der Waals surface area contributed by atoms with Crippen LogP contribution in [0.3, 0.4) is 0 Å². The summed E-state index contributed by atoms with van der Waals surface area (Å²) in [7, 11) is 0. The Morgan fingerprint density at radius 2 is 1.90 bits per heavy atom. The Morgan fingerprint density at radius 3 is 2.52 bits per heavy atom. The highest BCUT2D eigenvalue weighted by atomic mass is 19.1. The number of para-hydroxylation sites is 1. The van der Waals surface area contributed by atoms with Crippen LogP contribution in [0.4, 0.5) is 10.1 Å². The van der Waals surface area contributed by atoms with Gasteiger partial charge < -0.3 is 15.1 Å². The minimum Gasteiger partial charge on any atom is -0.466 e. The molecule has 6 heteroatoms. The second-order valence-corrected chi connectivity index (χ2v) is 4.56. The molecule has 0 fully saturated rings. The number of nitrogens with one attached hydrogen (secondary N) is 2. The van der Waals surface area contributed by atoms with Crippen molar-refractivity contribution in [3.8, 4) is 0 Å². The Balaban J connectivity index is 1.93. The third-order valence-corrected chi connectivity index (χ3v) is 2.91. The topological polar surface area (TPSA) is 71.3 Å². The van der Waals surface area contributed by atoms with E-state index >= 15 is 0 Å². The number of hydrogen-bond acceptors (Lipinski definition) is 3. The fourth-order valence-electron chi connectivity index (χ4n) is 1.86. The molecule has 1 aromatic carbocycles. The number of anilines is 1. The highest BCUT2D eigenvalue weighted by molar-refractivity contribution is 6.39. The van der Waals surface area contributed by atoms with Crippen LogP contribution in [0, 0.1) is 19.7 Å². The lowest BCUT2D eigenvalue weighted by atomic mass is 10.2. The van der Waals surface area contributed by atoms with Crippen molar-refractivity contribution in [3.05, 3.63) is 53.2 Å². The maximum absolute atomic E-state index is 13.4. The van der Waals surface area contributed by atoms with Gasteiger partial charge in [0.05, 0.1) is 5.69 Å². The number of hydrogen-bond donors (Lipinski definition) is 2. The SMILES string of the molecule is Cc1cc(CNC(=O)C(=O)Nc2ccccc2F)c(C)o1. The number of benzene rings is 1. The number of amides is 2. The number of halogens is 1. The summed E-state index contributed by atoms with van der Waals surface area (Å²) in [5, 5.41) is 4.68. The molecule has 2 rings (SSSR count). The molecule has 0 saturated heterocycles. The van der Waals surface area contributed by atoms with Crippen LogP contribution in [0.2, 0.25) is 0 Å². The lowest BCUT2D eigenvalue weighted by Crippen LogP contribution is -2.35. The van der Waals surface area contributed by atoms with Gasteiger partial charge in [-0.05, 0) is 32.0 Å². The maximum atomic E-state index is 13.4. The zero-order valence-electron chi connectivity index (χ0n) is 11.7. The van der Waals surface area contributed by atoms with Crippen molar-refractivity contribution in [1.82, 2.24) is 5.32 Å². The number of furan rings is 1. The molecule has 0 aliphatic heterocycles. The first-order valence-corrected chi connectivity index (χ1v) is 6.37. The Kier molecular flexibility index (Phi) is 4.37. The lowest BCUT2D eigenvalue weighted by Gasteiger charge is -2.06. The minimum atomic E-state index is -0.919. The van der Waals surface area contributed by atoms with Crippen molar-refractivity contribution >= 4 is 17.5 Å². The predicted molar refractivity (Wildman–Crippen MR) is 75.1 cm³/mol. The monoisotopic (exact) mass is 290 g/mol. The van der Waals surface area contributed by atoms with Gasteiger partial charge in [-0.1, -0.05) is 12.1 Å². The van der Waals surface area contributed by atoms with Crippen molar-refractivity contribution < 1.29 is 18.4 Å². The molecule has 0 atom stereocenters. The van der Waals surface area contributed by atoms with Crippen molar-refractivity contribution in [2.45, 2.75) is 20.4 Å². The molecular formula is C15H15FN2O3.